The van der Waals surface area contributed by atoms with E-state index in [0.29, 0.717) is 12.5 Å². The van der Waals surface area contributed by atoms with Gasteiger partial charge in [0.15, 0.2) is 0 Å². The van der Waals surface area contributed by atoms with Crippen LogP contribution in [0.3, 0.4) is 0 Å². The standard InChI is InChI=1S/C16H31NO/c1-12-5-7-15(11-17,8-6-12)16(18)10-14(3,4)9-13(16)2/h12-13,18H,5-11,17H2,1-4H3. The number of aliphatic hydroxyl groups is 1. The van der Waals surface area contributed by atoms with Crippen LogP contribution in [0.1, 0.15) is 66.2 Å². The van der Waals surface area contributed by atoms with Crippen molar-refractivity contribution in [1.29, 1.82) is 0 Å². The molecule has 3 N–H and O–H groups in total. The van der Waals surface area contributed by atoms with Crippen LogP contribution in [-0.4, -0.2) is 17.3 Å². The zero-order chi connectivity index (χ0) is 13.6. The van der Waals surface area contributed by atoms with E-state index in [1.807, 2.05) is 0 Å². The molecule has 2 nitrogen and oxygen atoms in total. The van der Waals surface area contributed by atoms with E-state index in [1.165, 1.54) is 12.8 Å². The van der Waals surface area contributed by atoms with Crippen molar-refractivity contribution in [2.75, 3.05) is 6.54 Å². The largest absolute Gasteiger partial charge is 0.389 e. The molecule has 2 unspecified atom stereocenters. The van der Waals surface area contributed by atoms with Crippen molar-refractivity contribution in [3.63, 3.8) is 0 Å². The van der Waals surface area contributed by atoms with Crippen molar-refractivity contribution in [2.24, 2.45) is 28.4 Å². The maximum Gasteiger partial charge on any atom is 0.0746 e. The molecule has 18 heavy (non-hydrogen) atoms. The summed E-state index contributed by atoms with van der Waals surface area (Å²) in [6.07, 6.45) is 6.73. The molecule has 0 heterocycles. The summed E-state index contributed by atoms with van der Waals surface area (Å²) in [7, 11) is 0. The molecule has 0 bridgehead atoms. The van der Waals surface area contributed by atoms with Gasteiger partial charge in [0.25, 0.3) is 0 Å². The lowest BCUT2D eigenvalue weighted by molar-refractivity contribution is -0.128. The van der Waals surface area contributed by atoms with Gasteiger partial charge in [-0.2, -0.15) is 0 Å². The quantitative estimate of drug-likeness (QED) is 0.793. The summed E-state index contributed by atoms with van der Waals surface area (Å²) >= 11 is 0. The Balaban J connectivity index is 2.27. The van der Waals surface area contributed by atoms with E-state index in [1.54, 1.807) is 0 Å². The van der Waals surface area contributed by atoms with Crippen molar-refractivity contribution in [2.45, 2.75) is 71.8 Å². The van der Waals surface area contributed by atoms with Crippen LogP contribution in [-0.2, 0) is 0 Å². The van der Waals surface area contributed by atoms with Crippen molar-refractivity contribution in [1.82, 2.24) is 0 Å². The topological polar surface area (TPSA) is 46.2 Å². The van der Waals surface area contributed by atoms with Crippen molar-refractivity contribution in [3.8, 4) is 0 Å². The van der Waals surface area contributed by atoms with Crippen LogP contribution in [0.25, 0.3) is 0 Å². The Labute approximate surface area is 112 Å². The third-order valence-corrected chi connectivity index (χ3v) is 5.96. The fourth-order valence-electron chi connectivity index (χ4n) is 4.81. The van der Waals surface area contributed by atoms with Gasteiger partial charge < -0.3 is 10.8 Å². The first-order chi connectivity index (χ1) is 8.25. The highest BCUT2D eigenvalue weighted by molar-refractivity contribution is 5.10. The average Bonchev–Trinajstić information content (AvgIpc) is 2.50. The summed E-state index contributed by atoms with van der Waals surface area (Å²) in [5.41, 5.74) is 5.85. The Hall–Kier alpha value is -0.0800. The summed E-state index contributed by atoms with van der Waals surface area (Å²) in [5.74, 6) is 1.18. The molecule has 0 saturated heterocycles. The summed E-state index contributed by atoms with van der Waals surface area (Å²) < 4.78 is 0. The highest BCUT2D eigenvalue weighted by atomic mass is 16.3. The van der Waals surface area contributed by atoms with Crippen molar-refractivity contribution >= 4 is 0 Å². The van der Waals surface area contributed by atoms with E-state index in [-0.39, 0.29) is 10.8 Å². The third-order valence-electron chi connectivity index (χ3n) is 5.96. The normalized spacial score (nSPS) is 48.3. The molecular formula is C16H31NO. The molecule has 2 saturated carbocycles. The summed E-state index contributed by atoms with van der Waals surface area (Å²) in [4.78, 5) is 0. The second-order valence-corrected chi connectivity index (χ2v) is 8.04. The summed E-state index contributed by atoms with van der Waals surface area (Å²) in [6, 6.07) is 0. The zero-order valence-corrected chi connectivity index (χ0v) is 12.6. The van der Waals surface area contributed by atoms with Crippen molar-refractivity contribution in [3.05, 3.63) is 0 Å². The molecule has 2 atom stereocenters. The second-order valence-electron chi connectivity index (χ2n) is 8.04. The Kier molecular flexibility index (Phi) is 3.57. The molecule has 0 spiro atoms. The van der Waals surface area contributed by atoms with E-state index < -0.39 is 5.60 Å². The number of nitrogens with two attached hydrogens (primary N) is 1. The lowest BCUT2D eigenvalue weighted by Crippen LogP contribution is -2.56. The number of hydrogen-bond acceptors (Lipinski definition) is 2. The molecule has 0 aromatic rings. The van der Waals surface area contributed by atoms with Crippen LogP contribution < -0.4 is 5.73 Å². The monoisotopic (exact) mass is 253 g/mol. The Bertz CT molecular complexity index is 304. The second kappa shape index (κ2) is 4.49. The fraction of sp³-hybridized carbons (Fsp3) is 1.00. The molecule has 0 aliphatic heterocycles. The van der Waals surface area contributed by atoms with Gasteiger partial charge in [-0.05, 0) is 42.9 Å². The van der Waals surface area contributed by atoms with Gasteiger partial charge in [-0.25, -0.2) is 0 Å². The van der Waals surface area contributed by atoms with E-state index in [0.717, 1.165) is 31.6 Å². The lowest BCUT2D eigenvalue weighted by atomic mass is 9.58. The Morgan fingerprint density at radius 3 is 2.11 bits per heavy atom. The molecule has 0 radical (unpaired) electrons. The van der Waals surface area contributed by atoms with E-state index >= 15 is 0 Å². The molecule has 0 aromatic heterocycles. The average molecular weight is 253 g/mol. The predicted molar refractivity (Wildman–Crippen MR) is 76.2 cm³/mol. The molecule has 2 aliphatic carbocycles. The number of hydrogen-bond donors (Lipinski definition) is 2. The minimum atomic E-state index is -0.536. The third kappa shape index (κ3) is 2.12. The minimum absolute atomic E-state index is 0.0211. The van der Waals surface area contributed by atoms with Gasteiger partial charge in [0, 0.05) is 12.0 Å². The van der Waals surface area contributed by atoms with Crippen LogP contribution in [0.5, 0.6) is 0 Å². The first kappa shape index (κ1) is 14.3. The number of rotatable bonds is 2. The predicted octanol–water partition coefficient (Wildman–Crippen LogP) is 3.33. The van der Waals surface area contributed by atoms with E-state index in [9.17, 15) is 5.11 Å². The lowest BCUT2D eigenvalue weighted by Gasteiger charge is -2.51. The molecule has 2 fully saturated rings. The van der Waals surface area contributed by atoms with Gasteiger partial charge in [-0.15, -0.1) is 0 Å². The fourth-order valence-corrected chi connectivity index (χ4v) is 4.81. The molecule has 106 valence electrons. The van der Waals surface area contributed by atoms with E-state index in [4.69, 9.17) is 5.73 Å². The maximum atomic E-state index is 11.4. The first-order valence-electron chi connectivity index (χ1n) is 7.67. The molecule has 0 aromatic carbocycles. The van der Waals surface area contributed by atoms with Crippen LogP contribution >= 0.6 is 0 Å². The molecule has 0 amide bonds. The van der Waals surface area contributed by atoms with Crippen LogP contribution in [0.2, 0.25) is 0 Å². The minimum Gasteiger partial charge on any atom is -0.389 e. The van der Waals surface area contributed by atoms with Gasteiger partial charge in [0.1, 0.15) is 0 Å². The van der Waals surface area contributed by atoms with Gasteiger partial charge in [-0.3, -0.25) is 0 Å². The van der Waals surface area contributed by atoms with Crippen molar-refractivity contribution < 1.29 is 5.11 Å². The highest BCUT2D eigenvalue weighted by Gasteiger charge is 2.59. The Morgan fingerprint density at radius 1 is 1.17 bits per heavy atom. The van der Waals surface area contributed by atoms with Gasteiger partial charge in [0.05, 0.1) is 5.60 Å². The zero-order valence-electron chi connectivity index (χ0n) is 12.6. The first-order valence-corrected chi connectivity index (χ1v) is 7.67. The summed E-state index contributed by atoms with van der Waals surface area (Å²) in [5, 5.41) is 11.4. The smallest absolute Gasteiger partial charge is 0.0746 e. The molecule has 2 heteroatoms. The highest BCUT2D eigenvalue weighted by Crippen LogP contribution is 2.59. The van der Waals surface area contributed by atoms with Gasteiger partial charge in [-0.1, -0.05) is 40.5 Å². The van der Waals surface area contributed by atoms with E-state index in [2.05, 4.69) is 27.7 Å². The van der Waals surface area contributed by atoms with Crippen LogP contribution in [0, 0.1) is 22.7 Å². The van der Waals surface area contributed by atoms with Gasteiger partial charge in [0.2, 0.25) is 0 Å². The molecular weight excluding hydrogens is 222 g/mol. The molecule has 2 rings (SSSR count). The molecule has 2 aliphatic rings. The summed E-state index contributed by atoms with van der Waals surface area (Å²) in [6.45, 7) is 9.78. The Morgan fingerprint density at radius 2 is 1.72 bits per heavy atom. The SMILES string of the molecule is CC1CCC(CN)(C2(O)CC(C)(C)CC2C)CC1. The van der Waals surface area contributed by atoms with Crippen LogP contribution in [0.15, 0.2) is 0 Å². The van der Waals surface area contributed by atoms with Crippen LogP contribution in [0.4, 0.5) is 0 Å². The van der Waals surface area contributed by atoms with Gasteiger partial charge >= 0.3 is 0 Å². The maximum absolute atomic E-state index is 11.4.